The molecular weight excluding hydrogens is 338 g/mol. The van der Waals surface area contributed by atoms with Gasteiger partial charge >= 0.3 is 0 Å². The lowest BCUT2D eigenvalue weighted by atomic mass is 9.99. The molecule has 130 valence electrons. The monoisotopic (exact) mass is 357 g/mol. The highest BCUT2D eigenvalue weighted by Gasteiger charge is 2.23. The minimum atomic E-state index is -0.394. The third kappa shape index (κ3) is 4.17. The van der Waals surface area contributed by atoms with Crippen LogP contribution >= 0.6 is 11.6 Å². The first kappa shape index (κ1) is 17.4. The van der Waals surface area contributed by atoms with Crippen LogP contribution in [0.25, 0.3) is 0 Å². The Bertz CT molecular complexity index is 794. The zero-order chi connectivity index (χ0) is 17.8. The normalized spacial score (nSPS) is 17.2. The number of halogens is 1. The summed E-state index contributed by atoms with van der Waals surface area (Å²) in [6.07, 6.45) is 3.64. The molecule has 2 amide bonds. The number of aromatic nitrogens is 1. The highest BCUT2D eigenvalue weighted by molar-refractivity contribution is 6.33. The average Bonchev–Trinajstić information content (AvgIpc) is 2.63. The zero-order valence-electron chi connectivity index (χ0n) is 14.0. The number of hydrogen-bond acceptors (Lipinski definition) is 3. The molecule has 0 aliphatic carbocycles. The lowest BCUT2D eigenvalue weighted by molar-refractivity contribution is 0.0683. The van der Waals surface area contributed by atoms with Crippen molar-refractivity contribution in [1.82, 2.24) is 9.88 Å². The molecule has 1 N–H and O–H groups in total. The summed E-state index contributed by atoms with van der Waals surface area (Å²) in [5.74, 6) is 0.0537. The van der Waals surface area contributed by atoms with Gasteiger partial charge in [0.15, 0.2) is 0 Å². The van der Waals surface area contributed by atoms with Crippen LogP contribution in [0, 0.1) is 5.92 Å². The predicted octanol–water partition coefficient (Wildman–Crippen LogP) is 3.86. The fourth-order valence-electron chi connectivity index (χ4n) is 2.99. The molecule has 6 heteroatoms. The number of rotatable bonds is 3. The number of anilines is 1. The third-order valence-corrected chi connectivity index (χ3v) is 4.64. The molecule has 1 aliphatic heterocycles. The molecule has 5 nitrogen and oxygen atoms in total. The fourth-order valence-corrected chi connectivity index (χ4v) is 3.18. The first-order chi connectivity index (χ1) is 12.0. The van der Waals surface area contributed by atoms with Crippen molar-refractivity contribution in [3.05, 3.63) is 58.9 Å². The van der Waals surface area contributed by atoms with E-state index in [-0.39, 0.29) is 11.6 Å². The molecular formula is C19H20ClN3O2. The number of likely N-dealkylation sites (tertiary alicyclic amines) is 1. The van der Waals surface area contributed by atoms with Crippen LogP contribution in [0.5, 0.6) is 0 Å². The molecule has 1 fully saturated rings. The molecule has 0 radical (unpaired) electrons. The van der Waals surface area contributed by atoms with Crippen molar-refractivity contribution in [2.75, 3.05) is 18.4 Å². The van der Waals surface area contributed by atoms with Crippen molar-refractivity contribution in [3.8, 4) is 0 Å². The van der Waals surface area contributed by atoms with Gasteiger partial charge in [-0.2, -0.15) is 0 Å². The number of carbonyl (C=O) groups is 2. The standard InChI is InChI=1S/C19H20ClN3O2/c1-13-5-4-10-23(12-13)19(25)14-8-9-21-17(11-14)18(24)22-16-7-3-2-6-15(16)20/h2-3,6-9,11,13H,4-5,10,12H2,1H3,(H,22,24). The van der Waals surface area contributed by atoms with Gasteiger partial charge in [0.2, 0.25) is 0 Å². The van der Waals surface area contributed by atoms with Gasteiger partial charge in [-0.1, -0.05) is 30.7 Å². The van der Waals surface area contributed by atoms with Crippen LogP contribution < -0.4 is 5.32 Å². The maximum atomic E-state index is 12.7. The van der Waals surface area contributed by atoms with Crippen molar-refractivity contribution in [3.63, 3.8) is 0 Å². The summed E-state index contributed by atoms with van der Waals surface area (Å²) in [6, 6.07) is 10.2. The Kier molecular flexibility index (Phi) is 5.34. The van der Waals surface area contributed by atoms with Crippen molar-refractivity contribution < 1.29 is 9.59 Å². The molecule has 2 heterocycles. The van der Waals surface area contributed by atoms with E-state index in [0.29, 0.717) is 22.2 Å². The molecule has 25 heavy (non-hydrogen) atoms. The van der Waals surface area contributed by atoms with Gasteiger partial charge in [-0.15, -0.1) is 0 Å². The van der Waals surface area contributed by atoms with Gasteiger partial charge < -0.3 is 10.2 Å². The van der Waals surface area contributed by atoms with Gasteiger partial charge in [0, 0.05) is 24.8 Å². The van der Waals surface area contributed by atoms with E-state index in [1.807, 2.05) is 4.90 Å². The summed E-state index contributed by atoms with van der Waals surface area (Å²) in [5.41, 5.74) is 1.18. The lowest BCUT2D eigenvalue weighted by Gasteiger charge is -2.31. The molecule has 1 aromatic carbocycles. The highest BCUT2D eigenvalue weighted by atomic mass is 35.5. The minimum Gasteiger partial charge on any atom is -0.338 e. The largest absolute Gasteiger partial charge is 0.338 e. The second-order valence-electron chi connectivity index (χ2n) is 6.36. The first-order valence-electron chi connectivity index (χ1n) is 8.36. The van der Waals surface area contributed by atoms with E-state index in [1.165, 1.54) is 12.3 Å². The highest BCUT2D eigenvalue weighted by Crippen LogP contribution is 2.21. The van der Waals surface area contributed by atoms with Crippen LogP contribution in [-0.2, 0) is 0 Å². The number of nitrogens with zero attached hydrogens (tertiary/aromatic N) is 2. The van der Waals surface area contributed by atoms with Crippen molar-refractivity contribution in [1.29, 1.82) is 0 Å². The quantitative estimate of drug-likeness (QED) is 0.907. The lowest BCUT2D eigenvalue weighted by Crippen LogP contribution is -2.39. The summed E-state index contributed by atoms with van der Waals surface area (Å²) in [4.78, 5) is 31.0. The van der Waals surface area contributed by atoms with Gasteiger partial charge in [0.05, 0.1) is 10.7 Å². The van der Waals surface area contributed by atoms with Crippen LogP contribution in [-0.4, -0.2) is 34.8 Å². The van der Waals surface area contributed by atoms with E-state index >= 15 is 0 Å². The number of nitrogens with one attached hydrogen (secondary N) is 1. The molecule has 0 bridgehead atoms. The minimum absolute atomic E-state index is 0.0549. The Labute approximate surface area is 152 Å². The molecule has 1 aromatic heterocycles. The third-order valence-electron chi connectivity index (χ3n) is 4.31. The first-order valence-corrected chi connectivity index (χ1v) is 8.73. The Morgan fingerprint density at radius 2 is 2.08 bits per heavy atom. The summed E-state index contributed by atoms with van der Waals surface area (Å²) < 4.78 is 0. The van der Waals surface area contributed by atoms with Crippen LogP contribution in [0.3, 0.4) is 0 Å². The molecule has 3 rings (SSSR count). The van der Waals surface area contributed by atoms with Crippen LogP contribution in [0.15, 0.2) is 42.6 Å². The SMILES string of the molecule is CC1CCCN(C(=O)c2ccnc(C(=O)Nc3ccccc3Cl)c2)C1. The Morgan fingerprint density at radius 1 is 1.28 bits per heavy atom. The number of pyridine rings is 1. The predicted molar refractivity (Wildman–Crippen MR) is 97.9 cm³/mol. The van der Waals surface area contributed by atoms with Crippen molar-refractivity contribution >= 4 is 29.1 Å². The number of amides is 2. The van der Waals surface area contributed by atoms with E-state index in [4.69, 9.17) is 11.6 Å². The van der Waals surface area contributed by atoms with Crippen molar-refractivity contribution in [2.24, 2.45) is 5.92 Å². The zero-order valence-corrected chi connectivity index (χ0v) is 14.8. The Balaban J connectivity index is 1.75. The molecule has 0 spiro atoms. The molecule has 0 saturated carbocycles. The summed E-state index contributed by atoms with van der Waals surface area (Å²) in [7, 11) is 0. The van der Waals surface area contributed by atoms with Crippen LogP contribution in [0.4, 0.5) is 5.69 Å². The number of benzene rings is 1. The molecule has 2 aromatic rings. The molecule has 1 atom stereocenters. The topological polar surface area (TPSA) is 62.3 Å². The Morgan fingerprint density at radius 3 is 2.84 bits per heavy atom. The maximum Gasteiger partial charge on any atom is 0.274 e. The number of piperidine rings is 1. The van der Waals surface area contributed by atoms with E-state index in [9.17, 15) is 9.59 Å². The van der Waals surface area contributed by atoms with E-state index < -0.39 is 5.91 Å². The van der Waals surface area contributed by atoms with E-state index in [0.717, 1.165) is 25.9 Å². The van der Waals surface area contributed by atoms with Gasteiger partial charge in [-0.3, -0.25) is 14.6 Å². The van der Waals surface area contributed by atoms with Gasteiger partial charge in [0.25, 0.3) is 11.8 Å². The number of carbonyl (C=O) groups excluding carboxylic acids is 2. The van der Waals surface area contributed by atoms with E-state index in [2.05, 4.69) is 17.2 Å². The molecule has 1 aliphatic rings. The van der Waals surface area contributed by atoms with Crippen LogP contribution in [0.2, 0.25) is 5.02 Å². The number of hydrogen-bond donors (Lipinski definition) is 1. The van der Waals surface area contributed by atoms with E-state index in [1.54, 1.807) is 30.3 Å². The number of para-hydroxylation sites is 1. The summed E-state index contributed by atoms with van der Waals surface area (Å²) >= 11 is 6.06. The molecule has 1 saturated heterocycles. The molecule has 1 unspecified atom stereocenters. The smallest absolute Gasteiger partial charge is 0.274 e. The summed E-state index contributed by atoms with van der Waals surface area (Å²) in [5, 5.41) is 3.17. The van der Waals surface area contributed by atoms with Gasteiger partial charge in [-0.05, 0) is 43.0 Å². The Hall–Kier alpha value is -2.40. The van der Waals surface area contributed by atoms with Gasteiger partial charge in [0.1, 0.15) is 5.69 Å². The second kappa shape index (κ2) is 7.66. The maximum absolute atomic E-state index is 12.7. The average molecular weight is 358 g/mol. The second-order valence-corrected chi connectivity index (χ2v) is 6.77. The van der Waals surface area contributed by atoms with Gasteiger partial charge in [-0.25, -0.2) is 0 Å². The fraction of sp³-hybridized carbons (Fsp3) is 0.316. The van der Waals surface area contributed by atoms with Crippen molar-refractivity contribution in [2.45, 2.75) is 19.8 Å². The van der Waals surface area contributed by atoms with Crippen LogP contribution in [0.1, 0.15) is 40.6 Å². The summed E-state index contributed by atoms with van der Waals surface area (Å²) in [6.45, 7) is 3.66.